The molecule has 8 heteroatoms. The fourth-order valence-corrected chi connectivity index (χ4v) is 3.96. The van der Waals surface area contributed by atoms with Crippen LogP contribution in [0.3, 0.4) is 0 Å². The second-order valence-electron chi connectivity index (χ2n) is 6.42. The molecule has 1 amide bonds. The van der Waals surface area contributed by atoms with Gasteiger partial charge in [-0.25, -0.2) is 0 Å². The number of amides is 1. The maximum absolute atomic E-state index is 12.2. The van der Waals surface area contributed by atoms with Crippen molar-refractivity contribution in [3.05, 3.63) is 63.6 Å². The van der Waals surface area contributed by atoms with Crippen LogP contribution in [0.15, 0.2) is 52.7 Å². The molecule has 28 heavy (non-hydrogen) atoms. The minimum Gasteiger partial charge on any atom is -0.491 e. The van der Waals surface area contributed by atoms with Crippen molar-refractivity contribution in [2.45, 2.75) is 31.6 Å². The molecule has 0 spiro atoms. The highest BCUT2D eigenvalue weighted by molar-refractivity contribution is 8.15. The molecule has 2 aromatic rings. The number of hydrogen-bond acceptors (Lipinski definition) is 5. The van der Waals surface area contributed by atoms with Crippen molar-refractivity contribution in [1.29, 1.82) is 0 Å². The predicted octanol–water partition coefficient (Wildman–Crippen LogP) is 4.94. The summed E-state index contributed by atoms with van der Waals surface area (Å²) >= 11 is 13.4. The van der Waals surface area contributed by atoms with Crippen molar-refractivity contribution in [3.8, 4) is 5.75 Å². The van der Waals surface area contributed by atoms with Crippen molar-refractivity contribution in [2.24, 2.45) is 10.2 Å². The van der Waals surface area contributed by atoms with Gasteiger partial charge >= 0.3 is 0 Å². The minimum atomic E-state index is -0.305. The minimum absolute atomic E-state index is 0.111. The third kappa shape index (κ3) is 5.74. The molecule has 0 saturated carbocycles. The Morgan fingerprint density at radius 3 is 2.64 bits per heavy atom. The maximum Gasteiger partial charge on any atom is 0.239 e. The first-order valence-corrected chi connectivity index (χ1v) is 10.3. The van der Waals surface area contributed by atoms with Crippen LogP contribution < -0.4 is 10.1 Å². The van der Waals surface area contributed by atoms with E-state index >= 15 is 0 Å². The molecule has 0 radical (unpaired) electrons. The normalized spacial score (nSPS) is 18.2. The Bertz CT molecular complexity index is 914. The van der Waals surface area contributed by atoms with Crippen molar-refractivity contribution >= 4 is 52.3 Å². The summed E-state index contributed by atoms with van der Waals surface area (Å²) < 4.78 is 5.60. The van der Waals surface area contributed by atoms with E-state index in [1.807, 2.05) is 44.2 Å². The molecule has 1 atom stereocenters. The van der Waals surface area contributed by atoms with E-state index in [0.717, 1.165) is 16.9 Å². The zero-order chi connectivity index (χ0) is 20.1. The second-order valence-corrected chi connectivity index (χ2v) is 8.46. The molecular formula is C20H19Cl2N3O2S. The van der Waals surface area contributed by atoms with Gasteiger partial charge in [0.2, 0.25) is 5.91 Å². The summed E-state index contributed by atoms with van der Waals surface area (Å²) in [4.78, 5) is 12.2. The van der Waals surface area contributed by atoms with Crippen LogP contribution in [0.2, 0.25) is 10.0 Å². The fraction of sp³-hybridized carbons (Fsp3) is 0.250. The van der Waals surface area contributed by atoms with Crippen LogP contribution in [0, 0.1) is 0 Å². The van der Waals surface area contributed by atoms with Gasteiger partial charge in [-0.05, 0) is 67.8 Å². The Labute approximate surface area is 178 Å². The first-order valence-electron chi connectivity index (χ1n) is 8.70. The molecule has 1 N–H and O–H groups in total. The smallest absolute Gasteiger partial charge is 0.239 e. The van der Waals surface area contributed by atoms with Gasteiger partial charge in [-0.3, -0.25) is 4.79 Å². The summed E-state index contributed by atoms with van der Waals surface area (Å²) in [5.74, 6) is 0.695. The van der Waals surface area contributed by atoms with Gasteiger partial charge in [-0.15, -0.1) is 5.10 Å². The van der Waals surface area contributed by atoms with E-state index in [4.69, 9.17) is 27.9 Å². The summed E-state index contributed by atoms with van der Waals surface area (Å²) in [5.41, 5.74) is 1.76. The number of amidine groups is 1. The van der Waals surface area contributed by atoms with Crippen LogP contribution in [-0.4, -0.2) is 28.6 Å². The molecule has 1 saturated heterocycles. The van der Waals surface area contributed by atoms with Gasteiger partial charge < -0.3 is 10.1 Å². The molecule has 1 fully saturated rings. The number of nitrogens with zero attached hydrogens (tertiary/aromatic N) is 2. The third-order valence-electron chi connectivity index (χ3n) is 3.80. The zero-order valence-corrected chi connectivity index (χ0v) is 17.7. The van der Waals surface area contributed by atoms with Gasteiger partial charge in [0, 0.05) is 10.0 Å². The molecule has 1 aliphatic rings. The Balaban J connectivity index is 1.59. The average Bonchev–Trinajstić information content (AvgIpc) is 2.98. The molecule has 1 heterocycles. The van der Waals surface area contributed by atoms with Crippen LogP contribution in [0.4, 0.5) is 0 Å². The van der Waals surface area contributed by atoms with Gasteiger partial charge in [0.15, 0.2) is 5.17 Å². The lowest BCUT2D eigenvalue weighted by Gasteiger charge is -2.08. The number of carbonyl (C=O) groups excluding carboxylic acids is 1. The first kappa shape index (κ1) is 20.7. The Hall–Kier alpha value is -2.02. The van der Waals surface area contributed by atoms with Crippen LogP contribution in [-0.2, 0) is 11.2 Å². The number of thioether (sulfide) groups is 1. The zero-order valence-electron chi connectivity index (χ0n) is 15.4. The molecule has 0 aromatic heterocycles. The summed E-state index contributed by atoms with van der Waals surface area (Å²) in [6.45, 7) is 3.96. The van der Waals surface area contributed by atoms with Crippen LogP contribution in [0.5, 0.6) is 5.75 Å². The molecule has 1 aliphatic heterocycles. The summed E-state index contributed by atoms with van der Waals surface area (Å²) in [6.07, 6.45) is 2.25. The lowest BCUT2D eigenvalue weighted by atomic mass is 10.1. The number of nitrogens with one attached hydrogen (secondary N) is 1. The molecule has 5 nitrogen and oxygen atoms in total. The number of hydrogen-bond donors (Lipinski definition) is 1. The maximum atomic E-state index is 12.2. The van der Waals surface area contributed by atoms with Crippen molar-refractivity contribution in [3.63, 3.8) is 0 Å². The van der Waals surface area contributed by atoms with Crippen LogP contribution in [0.1, 0.15) is 25.0 Å². The van der Waals surface area contributed by atoms with E-state index in [1.54, 1.807) is 18.3 Å². The second kappa shape index (κ2) is 9.45. The van der Waals surface area contributed by atoms with Gasteiger partial charge in [0.05, 0.1) is 17.6 Å². The summed E-state index contributed by atoms with van der Waals surface area (Å²) in [5, 5.41) is 12.2. The SMILES string of the molecule is CC(C)Oc1ccc(/C=N/N=C2NC(=O)C(Cc3ccc(Cl)cc3Cl)S2)cc1. The van der Waals surface area contributed by atoms with Gasteiger partial charge in [0.1, 0.15) is 5.75 Å². The Kier molecular flexibility index (Phi) is 6.99. The van der Waals surface area contributed by atoms with E-state index < -0.39 is 0 Å². The highest BCUT2D eigenvalue weighted by atomic mass is 35.5. The van der Waals surface area contributed by atoms with Gasteiger partial charge in [0.25, 0.3) is 0 Å². The standard InChI is InChI=1S/C20H19Cl2N3O2S/c1-12(2)27-16-7-3-13(4-8-16)11-23-25-20-24-19(26)18(28-20)9-14-5-6-15(21)10-17(14)22/h3-8,10-12,18H,9H2,1-2H3,(H,24,25,26)/b23-11+. The lowest BCUT2D eigenvalue weighted by Crippen LogP contribution is -2.26. The molecule has 0 aliphatic carbocycles. The number of carbonyl (C=O) groups is 1. The number of halogens is 2. The average molecular weight is 436 g/mol. The highest BCUT2D eigenvalue weighted by Crippen LogP contribution is 2.28. The van der Waals surface area contributed by atoms with E-state index in [0.29, 0.717) is 21.6 Å². The first-order chi connectivity index (χ1) is 13.4. The van der Waals surface area contributed by atoms with E-state index in [9.17, 15) is 4.79 Å². The number of ether oxygens (including phenoxy) is 1. The van der Waals surface area contributed by atoms with E-state index in [1.165, 1.54) is 11.8 Å². The number of benzene rings is 2. The third-order valence-corrected chi connectivity index (χ3v) is 5.46. The fourth-order valence-electron chi connectivity index (χ4n) is 2.53. The van der Waals surface area contributed by atoms with Gasteiger partial charge in [-0.2, -0.15) is 5.10 Å². The highest BCUT2D eigenvalue weighted by Gasteiger charge is 2.30. The monoisotopic (exact) mass is 435 g/mol. The topological polar surface area (TPSA) is 63.1 Å². The summed E-state index contributed by atoms with van der Waals surface area (Å²) in [6, 6.07) is 12.8. The van der Waals surface area contributed by atoms with Crippen molar-refractivity contribution in [1.82, 2.24) is 5.32 Å². The van der Waals surface area contributed by atoms with Gasteiger partial charge in [-0.1, -0.05) is 41.0 Å². The Morgan fingerprint density at radius 2 is 1.96 bits per heavy atom. The van der Waals surface area contributed by atoms with E-state index in [2.05, 4.69) is 15.5 Å². The van der Waals surface area contributed by atoms with Crippen LogP contribution in [0.25, 0.3) is 0 Å². The molecule has 146 valence electrons. The van der Waals surface area contributed by atoms with Crippen molar-refractivity contribution in [2.75, 3.05) is 0 Å². The van der Waals surface area contributed by atoms with E-state index in [-0.39, 0.29) is 17.3 Å². The Morgan fingerprint density at radius 1 is 1.21 bits per heavy atom. The van der Waals surface area contributed by atoms with Crippen LogP contribution >= 0.6 is 35.0 Å². The number of rotatable bonds is 6. The molecule has 2 aromatic carbocycles. The predicted molar refractivity (Wildman–Crippen MR) is 117 cm³/mol. The largest absolute Gasteiger partial charge is 0.491 e. The molecule has 1 unspecified atom stereocenters. The molecular weight excluding hydrogens is 417 g/mol. The molecule has 3 rings (SSSR count). The molecule has 0 bridgehead atoms. The lowest BCUT2D eigenvalue weighted by molar-refractivity contribution is -0.118. The quantitative estimate of drug-likeness (QED) is 0.515. The van der Waals surface area contributed by atoms with Crippen molar-refractivity contribution < 1.29 is 9.53 Å². The summed E-state index contributed by atoms with van der Waals surface area (Å²) in [7, 11) is 0.